The monoisotopic (exact) mass is 659 g/mol. The minimum Gasteiger partial charge on any atom is -0.458 e. The fourth-order valence-electron chi connectivity index (χ4n) is 4.70. The molecule has 3 aromatic rings. The number of rotatable bonds is 12. The second-order valence-electron chi connectivity index (χ2n) is 13.5. The van der Waals surface area contributed by atoms with Crippen molar-refractivity contribution in [1.29, 1.82) is 0 Å². The zero-order chi connectivity index (χ0) is 35.8. The Morgan fingerprint density at radius 3 is 2.19 bits per heavy atom. The van der Waals surface area contributed by atoms with E-state index in [-0.39, 0.29) is 30.5 Å². The molecule has 3 N–H and O–H groups in total. The fraction of sp³-hybridized carbons (Fsp3) is 0.444. The smallest absolute Gasteiger partial charge is 0.329 e. The molecule has 0 radical (unpaired) electrons. The Hall–Kier alpha value is -5.18. The van der Waals surface area contributed by atoms with Gasteiger partial charge in [0, 0.05) is 24.2 Å². The lowest BCUT2D eigenvalue weighted by Gasteiger charge is -2.25. The van der Waals surface area contributed by atoms with Crippen molar-refractivity contribution in [3.05, 3.63) is 69.8 Å². The first kappa shape index (κ1) is 37.3. The van der Waals surface area contributed by atoms with E-state index in [0.717, 1.165) is 11.3 Å². The van der Waals surface area contributed by atoms with Gasteiger partial charge in [-0.1, -0.05) is 12.0 Å². The molecule has 0 spiro atoms. The maximum Gasteiger partial charge on any atom is 0.329 e. The lowest BCUT2D eigenvalue weighted by atomic mass is 10.1. The van der Waals surface area contributed by atoms with Crippen molar-refractivity contribution in [2.75, 3.05) is 11.4 Å². The number of amides is 2. The zero-order valence-electron chi connectivity index (χ0n) is 28.9. The van der Waals surface area contributed by atoms with Gasteiger partial charge in [-0.25, -0.2) is 14.6 Å². The van der Waals surface area contributed by atoms with Crippen LogP contribution >= 0.6 is 0 Å². The van der Waals surface area contributed by atoms with E-state index in [0.29, 0.717) is 23.3 Å². The molecule has 0 fully saturated rings. The average Bonchev–Trinajstić information content (AvgIpc) is 2.97. The SMILES string of the molecule is C#CCN(Cc1ccc2nc(C)[nH]c(=O)c2c1)c1ccc(C(=O)N[C@@H](CCC(=O)N[C@H](C)C(=O)OC(C)(C)C)C(=O)OC(C)(C)C)cc1. The number of esters is 2. The molecule has 12 nitrogen and oxygen atoms in total. The van der Waals surface area contributed by atoms with E-state index < -0.39 is 47.0 Å². The summed E-state index contributed by atoms with van der Waals surface area (Å²) in [5, 5.41) is 5.73. The number of aromatic nitrogens is 2. The largest absolute Gasteiger partial charge is 0.458 e. The van der Waals surface area contributed by atoms with Crippen LogP contribution in [0.15, 0.2) is 47.3 Å². The molecule has 0 aliphatic rings. The van der Waals surface area contributed by atoms with Gasteiger partial charge in [0.1, 0.15) is 29.1 Å². The van der Waals surface area contributed by atoms with Crippen molar-refractivity contribution < 1.29 is 28.7 Å². The van der Waals surface area contributed by atoms with E-state index in [2.05, 4.69) is 26.5 Å². The minimum atomic E-state index is -1.13. The van der Waals surface area contributed by atoms with Crippen LogP contribution in [0.4, 0.5) is 5.69 Å². The number of hydrogen-bond donors (Lipinski definition) is 3. The lowest BCUT2D eigenvalue weighted by Crippen LogP contribution is -2.46. The first-order valence-electron chi connectivity index (χ1n) is 15.7. The molecule has 2 atom stereocenters. The van der Waals surface area contributed by atoms with E-state index in [1.807, 2.05) is 11.0 Å². The number of nitrogens with zero attached hydrogens (tertiary/aromatic N) is 2. The van der Waals surface area contributed by atoms with Crippen molar-refractivity contribution in [3.63, 3.8) is 0 Å². The number of fused-ring (bicyclic) bond motifs is 1. The van der Waals surface area contributed by atoms with Crippen LogP contribution in [-0.4, -0.2) is 63.6 Å². The average molecular weight is 660 g/mol. The zero-order valence-corrected chi connectivity index (χ0v) is 28.9. The highest BCUT2D eigenvalue weighted by molar-refractivity contribution is 5.97. The van der Waals surface area contributed by atoms with Gasteiger partial charge in [-0.05, 0) is 104 Å². The van der Waals surface area contributed by atoms with Gasteiger partial charge in [0.05, 0.1) is 17.4 Å². The van der Waals surface area contributed by atoms with Gasteiger partial charge in [0.15, 0.2) is 0 Å². The Balaban J connectivity index is 1.71. The molecule has 2 amide bonds. The number of carbonyl (C=O) groups is 4. The summed E-state index contributed by atoms with van der Waals surface area (Å²) in [7, 11) is 0. The van der Waals surface area contributed by atoms with E-state index in [1.54, 1.807) is 84.9 Å². The summed E-state index contributed by atoms with van der Waals surface area (Å²) in [5.74, 6) is 0.867. The van der Waals surface area contributed by atoms with E-state index >= 15 is 0 Å². The van der Waals surface area contributed by atoms with Crippen LogP contribution in [0.5, 0.6) is 0 Å². The fourth-order valence-corrected chi connectivity index (χ4v) is 4.70. The van der Waals surface area contributed by atoms with Crippen LogP contribution in [0, 0.1) is 19.3 Å². The van der Waals surface area contributed by atoms with Crippen LogP contribution < -0.4 is 21.1 Å². The first-order valence-corrected chi connectivity index (χ1v) is 15.7. The number of aromatic amines is 1. The van der Waals surface area contributed by atoms with Gasteiger partial charge in [0.2, 0.25) is 5.91 Å². The number of carbonyl (C=O) groups excluding carboxylic acids is 4. The maximum absolute atomic E-state index is 13.3. The Kier molecular flexibility index (Phi) is 12.1. The molecule has 0 saturated carbocycles. The maximum atomic E-state index is 13.3. The van der Waals surface area contributed by atoms with Crippen molar-refractivity contribution in [2.24, 2.45) is 0 Å². The second kappa shape index (κ2) is 15.6. The highest BCUT2D eigenvalue weighted by Crippen LogP contribution is 2.20. The Bertz CT molecular complexity index is 1740. The molecule has 1 aromatic heterocycles. The van der Waals surface area contributed by atoms with E-state index in [4.69, 9.17) is 15.9 Å². The standard InChI is InChI=1S/C36H45N5O7/c1-10-19-41(21-24-11-16-28-27(20-24)32(44)39-23(3)38-28)26-14-12-25(13-15-26)31(43)40-29(34(46)48-36(7,8)9)17-18-30(42)37-22(2)33(45)47-35(4,5)6/h1,11-16,20,22,29H,17-19,21H2,2-9H3,(H,37,42)(H,40,43)(H,38,39,44)/t22-,29+/m1/s1. The third-order valence-corrected chi connectivity index (χ3v) is 6.83. The second-order valence-corrected chi connectivity index (χ2v) is 13.5. The quantitative estimate of drug-likeness (QED) is 0.193. The van der Waals surface area contributed by atoms with Gasteiger partial charge in [-0.15, -0.1) is 6.42 Å². The number of hydrogen-bond acceptors (Lipinski definition) is 9. The lowest BCUT2D eigenvalue weighted by molar-refractivity contribution is -0.159. The molecule has 256 valence electrons. The molecule has 0 bridgehead atoms. The highest BCUT2D eigenvalue weighted by Gasteiger charge is 2.29. The Morgan fingerprint density at radius 2 is 1.58 bits per heavy atom. The number of ether oxygens (including phenoxy) is 2. The predicted molar refractivity (Wildman–Crippen MR) is 183 cm³/mol. The Morgan fingerprint density at radius 1 is 0.958 bits per heavy atom. The number of H-pyrrole nitrogens is 1. The summed E-state index contributed by atoms with van der Waals surface area (Å²) < 4.78 is 10.8. The number of terminal acetylenes is 1. The highest BCUT2D eigenvalue weighted by atomic mass is 16.6. The number of anilines is 1. The molecule has 0 aliphatic carbocycles. The van der Waals surface area contributed by atoms with Gasteiger partial charge < -0.3 is 30.0 Å². The third kappa shape index (κ3) is 11.3. The van der Waals surface area contributed by atoms with Crippen molar-refractivity contribution in [1.82, 2.24) is 20.6 Å². The van der Waals surface area contributed by atoms with Crippen LogP contribution in [0.1, 0.15) is 83.1 Å². The van der Waals surface area contributed by atoms with Crippen LogP contribution in [0.2, 0.25) is 0 Å². The molecule has 48 heavy (non-hydrogen) atoms. The summed E-state index contributed by atoms with van der Waals surface area (Å²) in [4.78, 5) is 72.7. The molecule has 0 unspecified atom stereocenters. The number of benzene rings is 2. The van der Waals surface area contributed by atoms with Crippen LogP contribution in [0.3, 0.4) is 0 Å². The number of nitrogens with one attached hydrogen (secondary N) is 3. The topological polar surface area (TPSA) is 160 Å². The molecule has 12 heteroatoms. The Labute approximate surface area is 281 Å². The summed E-state index contributed by atoms with van der Waals surface area (Å²) >= 11 is 0. The molecular weight excluding hydrogens is 614 g/mol. The van der Waals surface area contributed by atoms with Crippen LogP contribution in [-0.2, 0) is 30.4 Å². The van der Waals surface area contributed by atoms with Gasteiger partial charge >= 0.3 is 11.9 Å². The summed E-state index contributed by atoms with van der Waals surface area (Å²) in [5.41, 5.74) is 0.688. The first-order chi connectivity index (χ1) is 22.3. The number of aryl methyl sites for hydroxylation is 1. The third-order valence-electron chi connectivity index (χ3n) is 6.83. The molecule has 3 rings (SSSR count). The van der Waals surface area contributed by atoms with Gasteiger partial charge in [0.25, 0.3) is 11.5 Å². The van der Waals surface area contributed by atoms with E-state index in [1.165, 1.54) is 6.92 Å². The van der Waals surface area contributed by atoms with Gasteiger partial charge in [-0.2, -0.15) is 0 Å². The van der Waals surface area contributed by atoms with Crippen molar-refractivity contribution in [2.45, 2.75) is 98.1 Å². The van der Waals surface area contributed by atoms with Crippen LogP contribution in [0.25, 0.3) is 10.9 Å². The molecular formula is C36H45N5O7. The summed E-state index contributed by atoms with van der Waals surface area (Å²) in [6.45, 7) is 14.2. The van der Waals surface area contributed by atoms with Gasteiger partial charge in [-0.3, -0.25) is 14.4 Å². The molecule has 2 aromatic carbocycles. The summed E-state index contributed by atoms with van der Waals surface area (Å²) in [6.07, 6.45) is 5.43. The predicted octanol–water partition coefficient (Wildman–Crippen LogP) is 3.94. The van der Waals surface area contributed by atoms with Crippen molar-refractivity contribution in [3.8, 4) is 12.3 Å². The summed E-state index contributed by atoms with van der Waals surface area (Å²) in [6, 6.07) is 10.1. The van der Waals surface area contributed by atoms with Crippen molar-refractivity contribution >= 4 is 40.3 Å². The molecule has 1 heterocycles. The normalized spacial score (nSPS) is 12.7. The molecule has 0 saturated heterocycles. The minimum absolute atomic E-state index is 0.0642. The van der Waals surface area contributed by atoms with E-state index in [9.17, 15) is 24.0 Å². The molecule has 0 aliphatic heterocycles.